The molecular weight excluding hydrogens is 404 g/mol. The standard InChI is InChI=1S/C25H36N4O3/c1-26-25(28-20-10-8-11-21(18-20)32-17-9-16-30-2)27-19-23(29-14-6-7-15-29)22-12-4-5-13-24(22)31-3/h4-5,8,10-13,18,23H,6-7,9,14-17,19H2,1-3H3,(H2,26,27,28). The maximum absolute atomic E-state index is 5.81. The second-order valence-electron chi connectivity index (χ2n) is 7.80. The third kappa shape index (κ3) is 6.87. The number of hydrogen-bond donors (Lipinski definition) is 2. The molecule has 7 heteroatoms. The van der Waals surface area contributed by atoms with E-state index in [9.17, 15) is 0 Å². The Morgan fingerprint density at radius 2 is 1.88 bits per heavy atom. The molecule has 0 amide bonds. The highest BCUT2D eigenvalue weighted by atomic mass is 16.5. The molecule has 2 N–H and O–H groups in total. The molecule has 1 unspecified atom stereocenters. The lowest BCUT2D eigenvalue weighted by molar-refractivity contribution is 0.172. The lowest BCUT2D eigenvalue weighted by atomic mass is 10.0. The molecule has 174 valence electrons. The van der Waals surface area contributed by atoms with Gasteiger partial charge in [-0.25, -0.2) is 0 Å². The first-order chi connectivity index (χ1) is 15.7. The van der Waals surface area contributed by atoms with Crippen molar-refractivity contribution >= 4 is 11.6 Å². The number of ether oxygens (including phenoxy) is 3. The number of para-hydroxylation sites is 1. The molecule has 7 nitrogen and oxygen atoms in total. The summed E-state index contributed by atoms with van der Waals surface area (Å²) in [7, 11) is 5.22. The first kappa shape index (κ1) is 23.9. The Kier molecular flexibility index (Phi) is 9.65. The molecule has 1 heterocycles. The van der Waals surface area contributed by atoms with Crippen LogP contribution in [0.5, 0.6) is 11.5 Å². The average molecular weight is 441 g/mol. The molecule has 2 aromatic rings. The summed E-state index contributed by atoms with van der Waals surface area (Å²) < 4.78 is 16.5. The minimum Gasteiger partial charge on any atom is -0.496 e. The second kappa shape index (κ2) is 12.9. The number of guanidine groups is 1. The van der Waals surface area contributed by atoms with Gasteiger partial charge >= 0.3 is 0 Å². The lowest BCUT2D eigenvalue weighted by Gasteiger charge is -2.30. The Morgan fingerprint density at radius 1 is 1.06 bits per heavy atom. The van der Waals surface area contributed by atoms with Crippen LogP contribution in [0.1, 0.15) is 30.9 Å². The number of aliphatic imine (C=N–C) groups is 1. The van der Waals surface area contributed by atoms with E-state index in [0.717, 1.165) is 49.2 Å². The molecule has 0 saturated carbocycles. The first-order valence-electron chi connectivity index (χ1n) is 11.3. The molecule has 0 aliphatic carbocycles. The Morgan fingerprint density at radius 3 is 2.62 bits per heavy atom. The van der Waals surface area contributed by atoms with Gasteiger partial charge in [-0.2, -0.15) is 0 Å². The van der Waals surface area contributed by atoms with E-state index in [1.807, 2.05) is 36.4 Å². The van der Waals surface area contributed by atoms with Crippen LogP contribution in [0.3, 0.4) is 0 Å². The van der Waals surface area contributed by atoms with E-state index in [-0.39, 0.29) is 6.04 Å². The van der Waals surface area contributed by atoms with Crippen molar-refractivity contribution in [2.24, 2.45) is 4.99 Å². The molecule has 0 radical (unpaired) electrons. The Labute approximate surface area is 191 Å². The molecule has 1 aliphatic heterocycles. The summed E-state index contributed by atoms with van der Waals surface area (Å²) in [4.78, 5) is 6.94. The van der Waals surface area contributed by atoms with Gasteiger partial charge in [-0.1, -0.05) is 24.3 Å². The molecule has 2 aromatic carbocycles. The van der Waals surface area contributed by atoms with Crippen molar-refractivity contribution in [1.29, 1.82) is 0 Å². The van der Waals surface area contributed by atoms with E-state index in [0.29, 0.717) is 13.2 Å². The topological polar surface area (TPSA) is 67.4 Å². The number of benzene rings is 2. The molecule has 1 atom stereocenters. The molecule has 0 bridgehead atoms. The monoisotopic (exact) mass is 440 g/mol. The van der Waals surface area contributed by atoms with E-state index in [4.69, 9.17) is 14.2 Å². The average Bonchev–Trinajstić information content (AvgIpc) is 3.36. The van der Waals surface area contributed by atoms with Gasteiger partial charge in [-0.3, -0.25) is 9.89 Å². The van der Waals surface area contributed by atoms with Crippen LogP contribution in [-0.2, 0) is 4.74 Å². The number of likely N-dealkylation sites (tertiary alicyclic amines) is 1. The van der Waals surface area contributed by atoms with Crippen molar-refractivity contribution in [2.75, 3.05) is 59.4 Å². The highest BCUT2D eigenvalue weighted by molar-refractivity contribution is 5.93. The zero-order chi connectivity index (χ0) is 22.6. The van der Waals surface area contributed by atoms with Crippen molar-refractivity contribution < 1.29 is 14.2 Å². The zero-order valence-corrected chi connectivity index (χ0v) is 19.5. The van der Waals surface area contributed by atoms with Gasteiger partial charge in [-0.05, 0) is 44.1 Å². The molecule has 3 rings (SSSR count). The van der Waals surface area contributed by atoms with Crippen LogP contribution in [0, 0.1) is 0 Å². The van der Waals surface area contributed by atoms with Gasteiger partial charge in [0.1, 0.15) is 11.5 Å². The van der Waals surface area contributed by atoms with Crippen molar-refractivity contribution in [1.82, 2.24) is 10.2 Å². The van der Waals surface area contributed by atoms with Crippen molar-refractivity contribution in [3.8, 4) is 11.5 Å². The summed E-state index contributed by atoms with van der Waals surface area (Å²) in [6, 6.07) is 16.4. The smallest absolute Gasteiger partial charge is 0.195 e. The van der Waals surface area contributed by atoms with E-state index in [1.165, 1.54) is 18.4 Å². The second-order valence-corrected chi connectivity index (χ2v) is 7.80. The molecular formula is C25H36N4O3. The number of nitrogens with zero attached hydrogens (tertiary/aromatic N) is 2. The summed E-state index contributed by atoms with van der Waals surface area (Å²) in [5.41, 5.74) is 2.13. The Hall–Kier alpha value is -2.77. The summed E-state index contributed by atoms with van der Waals surface area (Å²) in [5.74, 6) is 2.47. The van der Waals surface area contributed by atoms with Crippen LogP contribution in [0.4, 0.5) is 5.69 Å². The highest BCUT2D eigenvalue weighted by Gasteiger charge is 2.26. The lowest BCUT2D eigenvalue weighted by Crippen LogP contribution is -2.39. The van der Waals surface area contributed by atoms with Crippen molar-refractivity contribution in [2.45, 2.75) is 25.3 Å². The fourth-order valence-corrected chi connectivity index (χ4v) is 4.00. The largest absolute Gasteiger partial charge is 0.496 e. The van der Waals surface area contributed by atoms with Crippen molar-refractivity contribution in [3.05, 3.63) is 54.1 Å². The quantitative estimate of drug-likeness (QED) is 0.313. The minimum absolute atomic E-state index is 0.211. The maximum Gasteiger partial charge on any atom is 0.195 e. The number of anilines is 1. The fourth-order valence-electron chi connectivity index (χ4n) is 4.00. The zero-order valence-electron chi connectivity index (χ0n) is 19.5. The molecule has 0 aromatic heterocycles. The molecule has 32 heavy (non-hydrogen) atoms. The van der Waals surface area contributed by atoms with Crippen LogP contribution in [0.2, 0.25) is 0 Å². The number of rotatable bonds is 11. The van der Waals surface area contributed by atoms with E-state index >= 15 is 0 Å². The van der Waals surface area contributed by atoms with Gasteiger partial charge in [0.25, 0.3) is 0 Å². The van der Waals surface area contributed by atoms with E-state index < -0.39 is 0 Å². The van der Waals surface area contributed by atoms with Crippen LogP contribution >= 0.6 is 0 Å². The van der Waals surface area contributed by atoms with Gasteiger partial charge in [0.15, 0.2) is 5.96 Å². The molecule has 1 saturated heterocycles. The van der Waals surface area contributed by atoms with Crippen LogP contribution in [-0.4, -0.2) is 65.0 Å². The minimum atomic E-state index is 0.211. The van der Waals surface area contributed by atoms with Gasteiger partial charge < -0.3 is 24.8 Å². The van der Waals surface area contributed by atoms with Crippen LogP contribution < -0.4 is 20.1 Å². The van der Waals surface area contributed by atoms with Gasteiger partial charge in [0, 0.05) is 51.0 Å². The number of hydrogen-bond acceptors (Lipinski definition) is 5. The summed E-state index contributed by atoms with van der Waals surface area (Å²) in [6.45, 7) is 4.24. The third-order valence-electron chi connectivity index (χ3n) is 5.62. The first-order valence-corrected chi connectivity index (χ1v) is 11.3. The summed E-state index contributed by atoms with van der Waals surface area (Å²) in [6.07, 6.45) is 3.32. The predicted molar refractivity (Wildman–Crippen MR) is 130 cm³/mol. The third-order valence-corrected chi connectivity index (χ3v) is 5.62. The van der Waals surface area contributed by atoms with Gasteiger partial charge in [0.2, 0.25) is 0 Å². The van der Waals surface area contributed by atoms with E-state index in [1.54, 1.807) is 21.3 Å². The summed E-state index contributed by atoms with van der Waals surface area (Å²) >= 11 is 0. The molecule has 1 fully saturated rings. The highest BCUT2D eigenvalue weighted by Crippen LogP contribution is 2.31. The maximum atomic E-state index is 5.81. The van der Waals surface area contributed by atoms with Gasteiger partial charge in [0.05, 0.1) is 19.8 Å². The summed E-state index contributed by atoms with van der Waals surface area (Å²) in [5, 5.41) is 6.89. The molecule has 0 spiro atoms. The SMILES string of the molecule is CN=C(NCC(c1ccccc1OC)N1CCCC1)Nc1cccc(OCCCOC)c1. The Balaban J connectivity index is 1.64. The number of nitrogens with one attached hydrogen (secondary N) is 2. The predicted octanol–water partition coefficient (Wildman–Crippen LogP) is 3.93. The fraction of sp³-hybridized carbons (Fsp3) is 0.480. The number of methoxy groups -OCH3 is 2. The van der Waals surface area contributed by atoms with Crippen LogP contribution in [0.15, 0.2) is 53.5 Å². The normalized spacial score (nSPS) is 15.4. The van der Waals surface area contributed by atoms with E-state index in [2.05, 4.69) is 32.7 Å². The van der Waals surface area contributed by atoms with Gasteiger partial charge in [-0.15, -0.1) is 0 Å². The molecule has 1 aliphatic rings. The van der Waals surface area contributed by atoms with Crippen LogP contribution in [0.25, 0.3) is 0 Å². The van der Waals surface area contributed by atoms with Crippen molar-refractivity contribution in [3.63, 3.8) is 0 Å². The Bertz CT molecular complexity index is 853.